The van der Waals surface area contributed by atoms with Crippen LogP contribution in [0, 0.1) is 11.7 Å². The summed E-state index contributed by atoms with van der Waals surface area (Å²) in [5, 5.41) is 0. The third kappa shape index (κ3) is 2.67. The SMILES string of the molecule is NC(=O)C1CCN(c2cc(F)cc(C=O)c2)CC1. The molecule has 18 heavy (non-hydrogen) atoms. The zero-order valence-corrected chi connectivity index (χ0v) is 9.93. The highest BCUT2D eigenvalue weighted by Crippen LogP contribution is 2.24. The lowest BCUT2D eigenvalue weighted by atomic mass is 9.96. The third-order valence-electron chi connectivity index (χ3n) is 3.30. The Morgan fingerprint density at radius 1 is 1.33 bits per heavy atom. The summed E-state index contributed by atoms with van der Waals surface area (Å²) < 4.78 is 13.3. The summed E-state index contributed by atoms with van der Waals surface area (Å²) in [5.41, 5.74) is 6.26. The molecule has 4 nitrogen and oxygen atoms in total. The molecule has 1 aromatic rings. The van der Waals surface area contributed by atoms with E-state index in [4.69, 9.17) is 5.73 Å². The van der Waals surface area contributed by atoms with Crippen molar-refractivity contribution in [3.05, 3.63) is 29.6 Å². The maximum Gasteiger partial charge on any atom is 0.220 e. The van der Waals surface area contributed by atoms with Crippen molar-refractivity contribution in [2.45, 2.75) is 12.8 Å². The Bertz CT molecular complexity index is 468. The fraction of sp³-hybridized carbons (Fsp3) is 0.385. The molecule has 0 radical (unpaired) electrons. The number of aldehydes is 1. The average molecular weight is 250 g/mol. The second-order valence-electron chi connectivity index (χ2n) is 4.52. The van der Waals surface area contributed by atoms with Crippen LogP contribution in [0.3, 0.4) is 0 Å². The van der Waals surface area contributed by atoms with E-state index in [9.17, 15) is 14.0 Å². The van der Waals surface area contributed by atoms with Crippen molar-refractivity contribution in [2.75, 3.05) is 18.0 Å². The fourth-order valence-corrected chi connectivity index (χ4v) is 2.27. The zero-order valence-electron chi connectivity index (χ0n) is 9.93. The van der Waals surface area contributed by atoms with Gasteiger partial charge in [0.05, 0.1) is 0 Å². The highest BCUT2D eigenvalue weighted by Gasteiger charge is 2.23. The van der Waals surface area contributed by atoms with E-state index in [1.54, 1.807) is 6.07 Å². The van der Waals surface area contributed by atoms with Crippen LogP contribution in [0.2, 0.25) is 0 Å². The molecule has 0 aromatic heterocycles. The molecule has 1 fully saturated rings. The summed E-state index contributed by atoms with van der Waals surface area (Å²) in [7, 11) is 0. The maximum absolute atomic E-state index is 13.3. The smallest absolute Gasteiger partial charge is 0.220 e. The topological polar surface area (TPSA) is 63.4 Å². The van der Waals surface area contributed by atoms with Crippen molar-refractivity contribution in [3.63, 3.8) is 0 Å². The molecule has 1 amide bonds. The van der Waals surface area contributed by atoms with Crippen molar-refractivity contribution >= 4 is 17.9 Å². The molecule has 0 bridgehead atoms. The van der Waals surface area contributed by atoms with Crippen LogP contribution in [0.25, 0.3) is 0 Å². The van der Waals surface area contributed by atoms with Gasteiger partial charge in [-0.3, -0.25) is 9.59 Å². The maximum atomic E-state index is 13.3. The first kappa shape index (κ1) is 12.5. The van der Waals surface area contributed by atoms with Crippen LogP contribution >= 0.6 is 0 Å². The first-order chi connectivity index (χ1) is 8.60. The Labute approximate surface area is 105 Å². The van der Waals surface area contributed by atoms with Crippen LogP contribution in [-0.2, 0) is 4.79 Å². The van der Waals surface area contributed by atoms with Crippen LogP contribution < -0.4 is 10.6 Å². The number of primary amides is 1. The number of piperidine rings is 1. The van der Waals surface area contributed by atoms with Crippen LogP contribution in [0.4, 0.5) is 10.1 Å². The van der Waals surface area contributed by atoms with Gasteiger partial charge < -0.3 is 10.6 Å². The molecule has 5 heteroatoms. The van der Waals surface area contributed by atoms with Gasteiger partial charge in [-0.25, -0.2) is 4.39 Å². The van der Waals surface area contributed by atoms with Gasteiger partial charge in [0.15, 0.2) is 0 Å². The first-order valence-corrected chi connectivity index (χ1v) is 5.90. The lowest BCUT2D eigenvalue weighted by Crippen LogP contribution is -2.38. The number of benzene rings is 1. The van der Waals surface area contributed by atoms with Gasteiger partial charge in [0.25, 0.3) is 0 Å². The predicted molar refractivity (Wildman–Crippen MR) is 65.9 cm³/mol. The van der Waals surface area contributed by atoms with Crippen molar-refractivity contribution in [1.29, 1.82) is 0 Å². The Hall–Kier alpha value is -1.91. The highest BCUT2D eigenvalue weighted by atomic mass is 19.1. The number of nitrogens with zero attached hydrogens (tertiary/aromatic N) is 1. The summed E-state index contributed by atoms with van der Waals surface area (Å²) in [6.45, 7) is 1.30. The quantitative estimate of drug-likeness (QED) is 0.823. The Balaban J connectivity index is 2.11. The summed E-state index contributed by atoms with van der Waals surface area (Å²) in [5.74, 6) is -0.797. The molecule has 1 aromatic carbocycles. The van der Waals surface area contributed by atoms with E-state index in [1.807, 2.05) is 4.90 Å². The van der Waals surface area contributed by atoms with E-state index >= 15 is 0 Å². The van der Waals surface area contributed by atoms with E-state index in [1.165, 1.54) is 12.1 Å². The minimum Gasteiger partial charge on any atom is -0.371 e. The molecule has 1 saturated heterocycles. The highest BCUT2D eigenvalue weighted by molar-refractivity contribution is 5.78. The number of nitrogens with two attached hydrogens (primary N) is 1. The van der Waals surface area contributed by atoms with Gasteiger partial charge >= 0.3 is 0 Å². The summed E-state index contributed by atoms with van der Waals surface area (Å²) >= 11 is 0. The number of carbonyl (C=O) groups is 2. The second kappa shape index (κ2) is 5.16. The van der Waals surface area contributed by atoms with Crippen LogP contribution in [0.1, 0.15) is 23.2 Å². The number of carbonyl (C=O) groups excluding carboxylic acids is 2. The Morgan fingerprint density at radius 3 is 2.56 bits per heavy atom. The normalized spacial score (nSPS) is 16.6. The molecule has 2 N–H and O–H groups in total. The molecule has 1 aliphatic rings. The molecule has 0 unspecified atom stereocenters. The summed E-state index contributed by atoms with van der Waals surface area (Å²) in [6.07, 6.45) is 1.97. The van der Waals surface area contributed by atoms with Crippen LogP contribution in [0.5, 0.6) is 0 Å². The predicted octanol–water partition coefficient (Wildman–Crippen LogP) is 1.34. The largest absolute Gasteiger partial charge is 0.371 e. The lowest BCUT2D eigenvalue weighted by Gasteiger charge is -2.32. The van der Waals surface area contributed by atoms with Crippen molar-refractivity contribution in [2.24, 2.45) is 11.7 Å². The molecule has 96 valence electrons. The van der Waals surface area contributed by atoms with Crippen molar-refractivity contribution in [1.82, 2.24) is 0 Å². The van der Waals surface area contributed by atoms with Crippen molar-refractivity contribution in [3.8, 4) is 0 Å². The standard InChI is InChI=1S/C13H15FN2O2/c14-11-5-9(8-17)6-12(7-11)16-3-1-10(2-4-16)13(15)18/h5-8,10H,1-4H2,(H2,15,18). The number of anilines is 1. The van der Waals surface area contributed by atoms with E-state index in [-0.39, 0.29) is 11.8 Å². The number of hydrogen-bond acceptors (Lipinski definition) is 3. The lowest BCUT2D eigenvalue weighted by molar-refractivity contribution is -0.122. The van der Waals surface area contributed by atoms with Gasteiger partial charge in [-0.1, -0.05) is 0 Å². The van der Waals surface area contributed by atoms with E-state index < -0.39 is 5.82 Å². The van der Waals surface area contributed by atoms with Crippen LogP contribution in [-0.4, -0.2) is 25.3 Å². The Morgan fingerprint density at radius 2 is 2.00 bits per heavy atom. The molecule has 2 rings (SSSR count). The monoisotopic (exact) mass is 250 g/mol. The average Bonchev–Trinajstić information content (AvgIpc) is 2.38. The number of amides is 1. The molecule has 1 aliphatic heterocycles. The first-order valence-electron chi connectivity index (χ1n) is 5.90. The third-order valence-corrected chi connectivity index (χ3v) is 3.30. The van der Waals surface area contributed by atoms with Gasteiger partial charge in [0.2, 0.25) is 5.91 Å². The Kier molecular flexibility index (Phi) is 3.60. The number of halogens is 1. The molecule has 0 aliphatic carbocycles. The molecule has 0 spiro atoms. The fourth-order valence-electron chi connectivity index (χ4n) is 2.27. The summed E-state index contributed by atoms with van der Waals surface area (Å²) in [4.78, 5) is 23.7. The van der Waals surface area contributed by atoms with E-state index in [2.05, 4.69) is 0 Å². The molecular weight excluding hydrogens is 235 g/mol. The van der Waals surface area contributed by atoms with Crippen molar-refractivity contribution < 1.29 is 14.0 Å². The van der Waals surface area contributed by atoms with Gasteiger partial charge in [-0.2, -0.15) is 0 Å². The van der Waals surface area contributed by atoms with E-state index in [0.717, 1.165) is 0 Å². The zero-order chi connectivity index (χ0) is 13.1. The van der Waals surface area contributed by atoms with Gasteiger partial charge in [-0.15, -0.1) is 0 Å². The number of rotatable bonds is 3. The van der Waals surface area contributed by atoms with Gasteiger partial charge in [-0.05, 0) is 31.0 Å². The molecular formula is C13H15FN2O2. The summed E-state index contributed by atoms with van der Waals surface area (Å²) in [6, 6.07) is 4.25. The van der Waals surface area contributed by atoms with Gasteiger partial charge in [0.1, 0.15) is 12.1 Å². The van der Waals surface area contributed by atoms with Gasteiger partial charge in [0, 0.05) is 30.3 Å². The van der Waals surface area contributed by atoms with Crippen LogP contribution in [0.15, 0.2) is 18.2 Å². The minimum absolute atomic E-state index is 0.0969. The minimum atomic E-state index is -0.424. The number of hydrogen-bond donors (Lipinski definition) is 1. The second-order valence-corrected chi connectivity index (χ2v) is 4.52. The molecule has 1 heterocycles. The molecule has 0 saturated carbocycles. The van der Waals surface area contributed by atoms with E-state index in [0.29, 0.717) is 43.5 Å². The molecule has 0 atom stereocenters.